The van der Waals surface area contributed by atoms with Crippen molar-refractivity contribution < 1.29 is 4.42 Å². The van der Waals surface area contributed by atoms with Crippen molar-refractivity contribution in [3.8, 4) is 11.5 Å². The van der Waals surface area contributed by atoms with Crippen LogP contribution in [0.1, 0.15) is 18.5 Å². The highest BCUT2D eigenvalue weighted by atomic mass is 35.5. The number of hydrogen-bond acceptors (Lipinski definition) is 4. The monoisotopic (exact) mass is 305 g/mol. The summed E-state index contributed by atoms with van der Waals surface area (Å²) >= 11 is 6.00. The smallest absolute Gasteiger partial charge is 0.226 e. The Balaban J connectivity index is 1.70. The number of oxazole rings is 1. The summed E-state index contributed by atoms with van der Waals surface area (Å²) in [6.45, 7) is 1.45. The number of nitrogens with two attached hydrogens (primary N) is 1. The highest BCUT2D eigenvalue weighted by Gasteiger charge is 2.33. The third-order valence-electron chi connectivity index (χ3n) is 4.01. The highest BCUT2D eigenvalue weighted by Crippen LogP contribution is 2.35. The maximum atomic E-state index is 6.00. The van der Waals surface area contributed by atoms with Gasteiger partial charge in [0.05, 0.1) is 5.69 Å². The van der Waals surface area contributed by atoms with Gasteiger partial charge in [0, 0.05) is 29.7 Å². The number of aromatic nitrogens is 1. The molecule has 0 saturated heterocycles. The minimum Gasteiger partial charge on any atom is -0.444 e. The number of likely N-dealkylation sites (N-methyl/N-ethyl adjacent to an activating group) is 1. The van der Waals surface area contributed by atoms with E-state index in [1.165, 1.54) is 12.8 Å². The Morgan fingerprint density at radius 3 is 2.95 bits per heavy atom. The molecular formula is C16H20ClN3O. The van der Waals surface area contributed by atoms with Gasteiger partial charge in [0.25, 0.3) is 0 Å². The Morgan fingerprint density at radius 2 is 2.29 bits per heavy atom. The molecule has 4 nitrogen and oxygen atoms in total. The van der Waals surface area contributed by atoms with E-state index in [2.05, 4.69) is 16.9 Å². The fourth-order valence-corrected chi connectivity index (χ4v) is 2.91. The standard InChI is InChI=1S/C16H20ClN3O/c1-20(15(8-18)11-5-6-11)9-14-10-21-16(19-14)12-3-2-4-13(17)7-12/h2-4,7,10-11,15H,5-6,8-9,18H2,1H3. The summed E-state index contributed by atoms with van der Waals surface area (Å²) in [6.07, 6.45) is 4.30. The molecule has 1 saturated carbocycles. The zero-order valence-corrected chi connectivity index (χ0v) is 12.9. The van der Waals surface area contributed by atoms with Crippen LogP contribution in [0, 0.1) is 5.92 Å². The van der Waals surface area contributed by atoms with Crippen molar-refractivity contribution in [1.29, 1.82) is 0 Å². The molecule has 1 unspecified atom stereocenters. The molecule has 0 aliphatic heterocycles. The normalized spacial score (nSPS) is 16.4. The first-order valence-corrected chi connectivity index (χ1v) is 7.66. The maximum Gasteiger partial charge on any atom is 0.226 e. The van der Waals surface area contributed by atoms with Gasteiger partial charge in [0.1, 0.15) is 6.26 Å². The van der Waals surface area contributed by atoms with E-state index in [9.17, 15) is 0 Å². The first kappa shape index (κ1) is 14.6. The second kappa shape index (κ2) is 6.18. The van der Waals surface area contributed by atoms with Crippen LogP contribution >= 0.6 is 11.6 Å². The van der Waals surface area contributed by atoms with Gasteiger partial charge in [-0.3, -0.25) is 4.90 Å². The molecule has 2 N–H and O–H groups in total. The molecule has 1 aliphatic carbocycles. The van der Waals surface area contributed by atoms with E-state index in [1.54, 1.807) is 6.26 Å². The number of hydrogen-bond donors (Lipinski definition) is 1. The first-order chi connectivity index (χ1) is 10.2. The van der Waals surface area contributed by atoms with Crippen molar-refractivity contribution in [3.63, 3.8) is 0 Å². The van der Waals surface area contributed by atoms with Crippen molar-refractivity contribution in [1.82, 2.24) is 9.88 Å². The maximum absolute atomic E-state index is 6.00. The number of nitrogens with zero attached hydrogens (tertiary/aromatic N) is 2. The van der Waals surface area contributed by atoms with Gasteiger partial charge in [-0.05, 0) is 44.0 Å². The SMILES string of the molecule is CN(Cc1coc(-c2cccc(Cl)c2)n1)C(CN)C1CC1. The van der Waals surface area contributed by atoms with Crippen molar-refractivity contribution in [2.24, 2.45) is 11.7 Å². The van der Waals surface area contributed by atoms with Gasteiger partial charge in [-0.1, -0.05) is 17.7 Å². The molecule has 5 heteroatoms. The summed E-state index contributed by atoms with van der Waals surface area (Å²) in [6, 6.07) is 7.97. The van der Waals surface area contributed by atoms with Gasteiger partial charge in [0.2, 0.25) is 5.89 Å². The molecule has 0 bridgehead atoms. The molecule has 0 spiro atoms. The molecule has 1 atom stereocenters. The second-order valence-electron chi connectivity index (χ2n) is 5.71. The average Bonchev–Trinajstić information content (AvgIpc) is 3.18. The molecule has 1 aliphatic rings. The van der Waals surface area contributed by atoms with E-state index in [-0.39, 0.29) is 0 Å². The summed E-state index contributed by atoms with van der Waals surface area (Å²) in [5, 5.41) is 0.682. The molecule has 21 heavy (non-hydrogen) atoms. The molecule has 1 fully saturated rings. The van der Waals surface area contributed by atoms with Crippen LogP contribution in [0.25, 0.3) is 11.5 Å². The van der Waals surface area contributed by atoms with E-state index >= 15 is 0 Å². The Hall–Kier alpha value is -1.36. The van der Waals surface area contributed by atoms with Gasteiger partial charge in [-0.25, -0.2) is 4.98 Å². The zero-order chi connectivity index (χ0) is 14.8. The fourth-order valence-electron chi connectivity index (χ4n) is 2.72. The van der Waals surface area contributed by atoms with Gasteiger partial charge in [-0.15, -0.1) is 0 Å². The Labute approximate surface area is 129 Å². The third-order valence-corrected chi connectivity index (χ3v) is 4.24. The lowest BCUT2D eigenvalue weighted by Crippen LogP contribution is -2.39. The van der Waals surface area contributed by atoms with Crippen LogP contribution in [0.15, 0.2) is 34.9 Å². The summed E-state index contributed by atoms with van der Waals surface area (Å²) < 4.78 is 5.57. The minimum atomic E-state index is 0.441. The van der Waals surface area contributed by atoms with Crippen LogP contribution in [-0.2, 0) is 6.54 Å². The van der Waals surface area contributed by atoms with E-state index < -0.39 is 0 Å². The predicted molar refractivity (Wildman–Crippen MR) is 84.0 cm³/mol. The van der Waals surface area contributed by atoms with Crippen LogP contribution < -0.4 is 5.73 Å². The van der Waals surface area contributed by atoms with Crippen LogP contribution in [0.3, 0.4) is 0 Å². The number of benzene rings is 1. The van der Waals surface area contributed by atoms with Crippen molar-refractivity contribution in [2.75, 3.05) is 13.6 Å². The lowest BCUT2D eigenvalue weighted by Gasteiger charge is -2.25. The van der Waals surface area contributed by atoms with Gasteiger partial charge >= 0.3 is 0 Å². The second-order valence-corrected chi connectivity index (χ2v) is 6.15. The Bertz CT molecular complexity index is 609. The molecule has 1 heterocycles. The van der Waals surface area contributed by atoms with E-state index in [0.717, 1.165) is 23.7 Å². The lowest BCUT2D eigenvalue weighted by atomic mass is 10.1. The Morgan fingerprint density at radius 1 is 1.48 bits per heavy atom. The molecule has 1 aromatic heterocycles. The molecule has 3 rings (SSSR count). The van der Waals surface area contributed by atoms with Crippen LogP contribution in [0.5, 0.6) is 0 Å². The Kier molecular flexibility index (Phi) is 4.29. The molecule has 0 amide bonds. The van der Waals surface area contributed by atoms with E-state index in [0.29, 0.717) is 23.5 Å². The van der Waals surface area contributed by atoms with Crippen molar-refractivity contribution in [2.45, 2.75) is 25.4 Å². The molecule has 1 aromatic carbocycles. The van der Waals surface area contributed by atoms with Crippen LogP contribution in [0.2, 0.25) is 5.02 Å². The molecular weight excluding hydrogens is 286 g/mol. The predicted octanol–water partition coefficient (Wildman–Crippen LogP) is 3.16. The molecule has 112 valence electrons. The topological polar surface area (TPSA) is 55.3 Å². The minimum absolute atomic E-state index is 0.441. The summed E-state index contributed by atoms with van der Waals surface area (Å²) in [7, 11) is 2.10. The number of rotatable bonds is 6. The lowest BCUT2D eigenvalue weighted by molar-refractivity contribution is 0.213. The van der Waals surface area contributed by atoms with Gasteiger partial charge < -0.3 is 10.2 Å². The average molecular weight is 306 g/mol. The van der Waals surface area contributed by atoms with Gasteiger partial charge in [-0.2, -0.15) is 0 Å². The van der Waals surface area contributed by atoms with Gasteiger partial charge in [0.15, 0.2) is 0 Å². The van der Waals surface area contributed by atoms with E-state index in [4.69, 9.17) is 21.8 Å². The fraction of sp³-hybridized carbons (Fsp3) is 0.438. The van der Waals surface area contributed by atoms with Crippen molar-refractivity contribution >= 4 is 11.6 Å². The van der Waals surface area contributed by atoms with E-state index in [1.807, 2.05) is 24.3 Å². The number of halogens is 1. The molecule has 2 aromatic rings. The third kappa shape index (κ3) is 3.46. The summed E-state index contributed by atoms with van der Waals surface area (Å²) in [5.74, 6) is 1.36. The summed E-state index contributed by atoms with van der Waals surface area (Å²) in [5.41, 5.74) is 7.70. The zero-order valence-electron chi connectivity index (χ0n) is 12.1. The molecule has 0 radical (unpaired) electrons. The largest absolute Gasteiger partial charge is 0.444 e. The van der Waals surface area contributed by atoms with Crippen molar-refractivity contribution in [3.05, 3.63) is 41.2 Å². The van der Waals surface area contributed by atoms with Crippen LogP contribution in [0.4, 0.5) is 0 Å². The highest BCUT2D eigenvalue weighted by molar-refractivity contribution is 6.30. The quantitative estimate of drug-likeness (QED) is 0.890. The summed E-state index contributed by atoms with van der Waals surface area (Å²) in [4.78, 5) is 6.83. The van der Waals surface area contributed by atoms with Crippen LogP contribution in [-0.4, -0.2) is 29.5 Å². The first-order valence-electron chi connectivity index (χ1n) is 7.28.